The van der Waals surface area contributed by atoms with E-state index in [1.165, 1.54) is 11.8 Å². The van der Waals surface area contributed by atoms with Gasteiger partial charge in [-0.2, -0.15) is 0 Å². The number of amides is 2. The van der Waals surface area contributed by atoms with Crippen molar-refractivity contribution in [3.63, 3.8) is 0 Å². The van der Waals surface area contributed by atoms with E-state index in [1.54, 1.807) is 15.9 Å². The number of hydrogen-bond acceptors (Lipinski definition) is 5. The van der Waals surface area contributed by atoms with Crippen LogP contribution in [0.5, 0.6) is 0 Å². The second kappa shape index (κ2) is 8.39. The molecule has 2 aromatic carbocycles. The number of benzene rings is 2. The SMILES string of the molecule is O=C1/C(=C2/C(=O)N(Cc3ccccc3Cl)c3ccccc32)SC(=S)N1C[C@@H]1CCCO1. The lowest BCUT2D eigenvalue weighted by Crippen LogP contribution is -2.35. The first-order valence-electron chi connectivity index (χ1n) is 10.1. The molecule has 2 aromatic rings. The van der Waals surface area contributed by atoms with Crippen LogP contribution in [0, 0.1) is 0 Å². The Kier molecular flexibility index (Phi) is 5.60. The number of thioether (sulfide) groups is 1. The average molecular weight is 471 g/mol. The molecule has 3 aliphatic rings. The molecule has 5 nitrogen and oxygen atoms in total. The fourth-order valence-electron chi connectivity index (χ4n) is 4.15. The van der Waals surface area contributed by atoms with Crippen molar-refractivity contribution in [1.82, 2.24) is 4.90 Å². The zero-order valence-electron chi connectivity index (χ0n) is 16.5. The van der Waals surface area contributed by atoms with Gasteiger partial charge in [0.05, 0.1) is 35.4 Å². The molecule has 3 heterocycles. The summed E-state index contributed by atoms with van der Waals surface area (Å²) >= 11 is 13.0. The summed E-state index contributed by atoms with van der Waals surface area (Å²) in [5.41, 5.74) is 2.78. The molecule has 5 rings (SSSR count). The Bertz CT molecular complexity index is 1130. The van der Waals surface area contributed by atoms with Crippen LogP contribution < -0.4 is 4.90 Å². The number of anilines is 1. The standard InChI is InChI=1S/C23H19ClN2O3S2/c24-17-9-3-1-6-14(17)12-25-18-10-4-2-8-16(18)19(21(25)27)20-22(28)26(23(30)31-20)13-15-7-5-11-29-15/h1-4,6,8-10,15H,5,7,11-13H2/b20-19-/t15-/m0/s1. The summed E-state index contributed by atoms with van der Waals surface area (Å²) in [6.07, 6.45) is 1.90. The number of carbonyl (C=O) groups excluding carboxylic acids is 2. The van der Waals surface area contributed by atoms with E-state index in [0.717, 1.165) is 29.7 Å². The number of thiocarbonyl (C=S) groups is 1. The van der Waals surface area contributed by atoms with Crippen LogP contribution in [0.3, 0.4) is 0 Å². The molecule has 0 aliphatic carbocycles. The minimum absolute atomic E-state index is 0.00450. The Morgan fingerprint density at radius 2 is 1.84 bits per heavy atom. The fraction of sp³-hybridized carbons (Fsp3) is 0.261. The number of hydrogen-bond donors (Lipinski definition) is 0. The van der Waals surface area contributed by atoms with Crippen molar-refractivity contribution >= 4 is 63.0 Å². The van der Waals surface area contributed by atoms with E-state index < -0.39 is 0 Å². The van der Waals surface area contributed by atoms with Gasteiger partial charge in [-0.25, -0.2) is 0 Å². The van der Waals surface area contributed by atoms with Gasteiger partial charge in [-0.3, -0.25) is 14.5 Å². The Hall–Kier alpha value is -2.19. The quantitative estimate of drug-likeness (QED) is 0.481. The lowest BCUT2D eigenvalue weighted by Gasteiger charge is -2.19. The van der Waals surface area contributed by atoms with Crippen molar-refractivity contribution in [3.05, 3.63) is 69.6 Å². The predicted molar refractivity (Wildman–Crippen MR) is 127 cm³/mol. The molecule has 0 bridgehead atoms. The molecular formula is C23H19ClN2O3S2. The molecule has 8 heteroatoms. The third-order valence-corrected chi connectivity index (χ3v) is 7.51. The summed E-state index contributed by atoms with van der Waals surface area (Å²) in [6.45, 7) is 1.47. The number of para-hydroxylation sites is 1. The Morgan fingerprint density at radius 1 is 1.06 bits per heavy atom. The maximum absolute atomic E-state index is 13.5. The van der Waals surface area contributed by atoms with Crippen LogP contribution in [-0.4, -0.2) is 40.3 Å². The van der Waals surface area contributed by atoms with E-state index >= 15 is 0 Å². The van der Waals surface area contributed by atoms with E-state index in [9.17, 15) is 9.59 Å². The van der Waals surface area contributed by atoms with Crippen molar-refractivity contribution in [3.8, 4) is 0 Å². The summed E-state index contributed by atoms with van der Waals surface area (Å²) in [5.74, 6) is -0.429. The number of ether oxygens (including phenoxy) is 1. The number of carbonyl (C=O) groups is 2. The molecule has 3 aliphatic heterocycles. The van der Waals surface area contributed by atoms with Crippen molar-refractivity contribution in [2.24, 2.45) is 0 Å². The Labute approximate surface area is 195 Å². The monoisotopic (exact) mass is 470 g/mol. The molecule has 0 spiro atoms. The summed E-state index contributed by atoms with van der Waals surface area (Å²) in [4.78, 5) is 30.5. The van der Waals surface area contributed by atoms with Crippen LogP contribution in [0.1, 0.15) is 24.0 Å². The first-order valence-corrected chi connectivity index (χ1v) is 11.7. The van der Waals surface area contributed by atoms with E-state index in [2.05, 4.69) is 0 Å². The van der Waals surface area contributed by atoms with Gasteiger partial charge in [0.1, 0.15) is 4.32 Å². The molecule has 31 heavy (non-hydrogen) atoms. The maximum atomic E-state index is 13.5. The molecule has 2 fully saturated rings. The van der Waals surface area contributed by atoms with Crippen molar-refractivity contribution < 1.29 is 14.3 Å². The topological polar surface area (TPSA) is 49.9 Å². The highest BCUT2D eigenvalue weighted by Gasteiger charge is 2.42. The summed E-state index contributed by atoms with van der Waals surface area (Å²) in [6, 6.07) is 15.0. The third kappa shape index (κ3) is 3.69. The molecular weight excluding hydrogens is 452 g/mol. The molecule has 0 N–H and O–H groups in total. The zero-order chi connectivity index (χ0) is 21.5. The van der Waals surface area contributed by atoms with Crippen LogP contribution >= 0.6 is 35.6 Å². The van der Waals surface area contributed by atoms with Gasteiger partial charge in [-0.15, -0.1) is 0 Å². The highest BCUT2D eigenvalue weighted by atomic mass is 35.5. The minimum Gasteiger partial charge on any atom is -0.376 e. The molecule has 0 unspecified atom stereocenters. The van der Waals surface area contributed by atoms with Crippen molar-refractivity contribution in [1.29, 1.82) is 0 Å². The number of rotatable bonds is 4. The zero-order valence-corrected chi connectivity index (χ0v) is 18.9. The highest BCUT2D eigenvalue weighted by molar-refractivity contribution is 8.26. The molecule has 0 aromatic heterocycles. The summed E-state index contributed by atoms with van der Waals surface area (Å²) in [5, 5.41) is 0.601. The highest BCUT2D eigenvalue weighted by Crippen LogP contribution is 2.45. The molecule has 158 valence electrons. The van der Waals surface area contributed by atoms with Crippen molar-refractivity contribution in [2.45, 2.75) is 25.5 Å². The van der Waals surface area contributed by atoms with Gasteiger partial charge in [0, 0.05) is 17.2 Å². The van der Waals surface area contributed by atoms with Crippen LogP contribution in [0.2, 0.25) is 5.02 Å². The van der Waals surface area contributed by atoms with Crippen LogP contribution in [0.25, 0.3) is 5.57 Å². The normalized spacial score (nSPS) is 23.3. The largest absolute Gasteiger partial charge is 0.376 e. The van der Waals surface area contributed by atoms with E-state index in [0.29, 0.717) is 39.5 Å². The summed E-state index contributed by atoms with van der Waals surface area (Å²) < 4.78 is 6.15. The average Bonchev–Trinajstić information content (AvgIpc) is 3.45. The maximum Gasteiger partial charge on any atom is 0.267 e. The second-order valence-corrected chi connectivity index (χ2v) is 9.67. The molecule has 2 saturated heterocycles. The van der Waals surface area contributed by atoms with Gasteiger partial charge in [0.25, 0.3) is 11.8 Å². The molecule has 0 radical (unpaired) electrons. The number of fused-ring (bicyclic) bond motifs is 1. The second-order valence-electron chi connectivity index (χ2n) is 7.62. The van der Waals surface area contributed by atoms with Gasteiger partial charge in [-0.05, 0) is 30.5 Å². The van der Waals surface area contributed by atoms with E-state index in [-0.39, 0.29) is 17.9 Å². The molecule has 1 atom stereocenters. The number of nitrogens with zero attached hydrogens (tertiary/aromatic N) is 2. The molecule has 0 saturated carbocycles. The van der Waals surface area contributed by atoms with Crippen LogP contribution in [-0.2, 0) is 20.9 Å². The van der Waals surface area contributed by atoms with Gasteiger partial charge >= 0.3 is 0 Å². The Morgan fingerprint density at radius 3 is 2.61 bits per heavy atom. The number of halogens is 1. The Balaban J connectivity index is 1.51. The lowest BCUT2D eigenvalue weighted by atomic mass is 10.1. The smallest absolute Gasteiger partial charge is 0.267 e. The van der Waals surface area contributed by atoms with Gasteiger partial charge in [-0.1, -0.05) is 72.0 Å². The fourth-order valence-corrected chi connectivity index (χ4v) is 5.69. The summed E-state index contributed by atoms with van der Waals surface area (Å²) in [7, 11) is 0. The van der Waals surface area contributed by atoms with E-state index in [4.69, 9.17) is 28.6 Å². The first kappa shape index (κ1) is 20.7. The van der Waals surface area contributed by atoms with E-state index in [1.807, 2.05) is 42.5 Å². The lowest BCUT2D eigenvalue weighted by molar-refractivity contribution is -0.123. The van der Waals surface area contributed by atoms with Crippen LogP contribution in [0.15, 0.2) is 53.4 Å². The van der Waals surface area contributed by atoms with Gasteiger partial charge < -0.3 is 9.64 Å². The van der Waals surface area contributed by atoms with Crippen LogP contribution in [0.4, 0.5) is 5.69 Å². The van der Waals surface area contributed by atoms with Crippen molar-refractivity contribution in [2.75, 3.05) is 18.1 Å². The predicted octanol–water partition coefficient (Wildman–Crippen LogP) is 4.64. The molecule has 2 amide bonds. The first-order chi connectivity index (χ1) is 15.0. The van der Waals surface area contributed by atoms with Gasteiger partial charge in [0.15, 0.2) is 0 Å². The minimum atomic E-state index is -0.219. The van der Waals surface area contributed by atoms with Gasteiger partial charge in [0.2, 0.25) is 0 Å². The third-order valence-electron chi connectivity index (χ3n) is 5.70.